The molecule has 1 aromatic carbocycles. The van der Waals surface area contributed by atoms with Crippen LogP contribution in [0.25, 0.3) is 33.4 Å². The fourth-order valence-electron chi connectivity index (χ4n) is 3.22. The Labute approximate surface area is 171 Å². The summed E-state index contributed by atoms with van der Waals surface area (Å²) < 4.78 is 13.4. The molecule has 0 bridgehead atoms. The van der Waals surface area contributed by atoms with Crippen molar-refractivity contribution in [3.8, 4) is 22.4 Å². The largest absolute Gasteiger partial charge is 0.391 e. The molecular weight excluding hydrogens is 385 g/mol. The Morgan fingerprint density at radius 1 is 1.10 bits per heavy atom. The standard InChI is InChI=1S/C22H20FN5O2/c1-12(29)19(24)22(30)27-17-7-6-16-18(13-8-10-25-11-9-13)20(28-21(16)26-17)14-2-4-15(23)5-3-14/h2-12,19,29H,24H2,1H3,(H2,26,27,28,30)/t12?,19-/m0/s1. The molecule has 30 heavy (non-hydrogen) atoms. The van der Waals surface area contributed by atoms with Crippen molar-refractivity contribution in [2.45, 2.75) is 19.1 Å². The molecular formula is C22H20FN5O2. The first kappa shape index (κ1) is 19.7. The van der Waals surface area contributed by atoms with Gasteiger partial charge in [-0.2, -0.15) is 0 Å². The molecule has 4 aromatic rings. The normalized spacial score (nSPS) is 13.2. The van der Waals surface area contributed by atoms with Gasteiger partial charge in [-0.1, -0.05) is 0 Å². The SMILES string of the molecule is CC(O)[C@H](N)C(=O)Nc1ccc2c(-c3ccncc3)c(-c3ccc(F)cc3)[nH]c2n1. The van der Waals surface area contributed by atoms with Gasteiger partial charge in [0, 0.05) is 23.3 Å². The zero-order chi connectivity index (χ0) is 21.3. The second-order valence-electron chi connectivity index (χ2n) is 6.97. The van der Waals surface area contributed by atoms with Crippen LogP contribution in [-0.2, 0) is 4.79 Å². The molecule has 0 aliphatic rings. The predicted molar refractivity (Wildman–Crippen MR) is 113 cm³/mol. The number of hydrogen-bond acceptors (Lipinski definition) is 5. The fourth-order valence-corrected chi connectivity index (χ4v) is 3.22. The Balaban J connectivity index is 1.82. The van der Waals surface area contributed by atoms with E-state index < -0.39 is 18.1 Å². The lowest BCUT2D eigenvalue weighted by Crippen LogP contribution is -2.43. The van der Waals surface area contributed by atoms with E-state index in [1.54, 1.807) is 30.6 Å². The zero-order valence-electron chi connectivity index (χ0n) is 16.1. The molecule has 5 N–H and O–H groups in total. The summed E-state index contributed by atoms with van der Waals surface area (Å²) in [6.45, 7) is 1.45. The number of benzene rings is 1. The third-order valence-corrected chi connectivity index (χ3v) is 4.83. The Kier molecular flexibility index (Phi) is 5.26. The number of rotatable bonds is 5. The van der Waals surface area contributed by atoms with Gasteiger partial charge in [-0.05, 0) is 66.6 Å². The van der Waals surface area contributed by atoms with Crippen LogP contribution in [0.5, 0.6) is 0 Å². The summed E-state index contributed by atoms with van der Waals surface area (Å²) in [5.41, 5.74) is 9.61. The highest BCUT2D eigenvalue weighted by molar-refractivity contribution is 6.03. The van der Waals surface area contributed by atoms with Crippen molar-refractivity contribution < 1.29 is 14.3 Å². The molecule has 1 amide bonds. The van der Waals surface area contributed by atoms with E-state index in [9.17, 15) is 14.3 Å². The summed E-state index contributed by atoms with van der Waals surface area (Å²) in [7, 11) is 0. The van der Waals surface area contributed by atoms with Crippen molar-refractivity contribution in [1.82, 2.24) is 15.0 Å². The number of aromatic nitrogens is 3. The number of aliphatic hydroxyl groups is 1. The van der Waals surface area contributed by atoms with Crippen LogP contribution in [0.3, 0.4) is 0 Å². The molecule has 2 atom stereocenters. The van der Waals surface area contributed by atoms with Crippen LogP contribution in [0.1, 0.15) is 6.92 Å². The number of anilines is 1. The van der Waals surface area contributed by atoms with Gasteiger partial charge in [-0.15, -0.1) is 0 Å². The molecule has 0 radical (unpaired) electrons. The summed E-state index contributed by atoms with van der Waals surface area (Å²) in [6.07, 6.45) is 2.41. The number of nitrogens with one attached hydrogen (secondary N) is 2. The quantitative estimate of drug-likeness (QED) is 0.407. The molecule has 7 nitrogen and oxygen atoms in total. The fraction of sp³-hybridized carbons (Fsp3) is 0.136. The molecule has 0 spiro atoms. The Morgan fingerprint density at radius 3 is 2.47 bits per heavy atom. The summed E-state index contributed by atoms with van der Waals surface area (Å²) in [6, 6.07) is 12.4. The minimum absolute atomic E-state index is 0.303. The van der Waals surface area contributed by atoms with E-state index in [0.717, 1.165) is 27.8 Å². The number of amides is 1. The van der Waals surface area contributed by atoms with Gasteiger partial charge in [-0.25, -0.2) is 9.37 Å². The number of pyridine rings is 2. The predicted octanol–water partition coefficient (Wildman–Crippen LogP) is 3.08. The second-order valence-corrected chi connectivity index (χ2v) is 6.97. The number of carbonyl (C=O) groups excluding carboxylic acids is 1. The molecule has 0 saturated heterocycles. The molecule has 1 unspecified atom stereocenters. The molecule has 0 aliphatic carbocycles. The number of nitrogens with two attached hydrogens (primary N) is 1. The van der Waals surface area contributed by atoms with Gasteiger partial charge in [0.25, 0.3) is 0 Å². The third kappa shape index (κ3) is 3.78. The average molecular weight is 405 g/mol. The molecule has 3 aromatic heterocycles. The van der Waals surface area contributed by atoms with Crippen LogP contribution in [0.4, 0.5) is 10.2 Å². The van der Waals surface area contributed by atoms with Crippen molar-refractivity contribution in [3.63, 3.8) is 0 Å². The number of aliphatic hydroxyl groups excluding tert-OH is 1. The maximum atomic E-state index is 13.4. The van der Waals surface area contributed by atoms with Crippen LogP contribution in [0.2, 0.25) is 0 Å². The van der Waals surface area contributed by atoms with Crippen LogP contribution < -0.4 is 11.1 Å². The lowest BCUT2D eigenvalue weighted by Gasteiger charge is -2.14. The van der Waals surface area contributed by atoms with Crippen LogP contribution in [-0.4, -0.2) is 38.1 Å². The van der Waals surface area contributed by atoms with Gasteiger partial charge < -0.3 is 21.1 Å². The number of H-pyrrole nitrogens is 1. The second kappa shape index (κ2) is 8.02. The maximum absolute atomic E-state index is 13.4. The van der Waals surface area contributed by atoms with E-state index in [1.165, 1.54) is 19.1 Å². The molecule has 8 heteroatoms. The van der Waals surface area contributed by atoms with Gasteiger partial charge in [0.2, 0.25) is 5.91 Å². The lowest BCUT2D eigenvalue weighted by molar-refractivity contribution is -0.119. The first-order valence-electron chi connectivity index (χ1n) is 9.37. The number of aromatic amines is 1. The third-order valence-electron chi connectivity index (χ3n) is 4.83. The highest BCUT2D eigenvalue weighted by Crippen LogP contribution is 2.38. The van der Waals surface area contributed by atoms with Crippen LogP contribution in [0.15, 0.2) is 60.9 Å². The number of nitrogens with zero attached hydrogens (tertiary/aromatic N) is 2. The van der Waals surface area contributed by atoms with Gasteiger partial charge in [0.05, 0.1) is 11.8 Å². The summed E-state index contributed by atoms with van der Waals surface area (Å²) in [5, 5.41) is 13.0. The molecule has 0 saturated carbocycles. The van der Waals surface area contributed by atoms with Gasteiger partial charge in [0.1, 0.15) is 23.3 Å². The van der Waals surface area contributed by atoms with E-state index in [1.807, 2.05) is 18.2 Å². The minimum atomic E-state index is -1.06. The lowest BCUT2D eigenvalue weighted by atomic mass is 10.00. The van der Waals surface area contributed by atoms with Crippen molar-refractivity contribution in [3.05, 3.63) is 66.7 Å². The van der Waals surface area contributed by atoms with E-state index in [0.29, 0.717) is 11.5 Å². The maximum Gasteiger partial charge on any atom is 0.245 e. The Bertz CT molecular complexity index is 1190. The van der Waals surface area contributed by atoms with Gasteiger partial charge in [0.15, 0.2) is 0 Å². The molecule has 152 valence electrons. The summed E-state index contributed by atoms with van der Waals surface area (Å²) in [4.78, 5) is 24.0. The molecule has 0 aliphatic heterocycles. The number of hydrogen-bond donors (Lipinski definition) is 4. The Morgan fingerprint density at radius 2 is 1.80 bits per heavy atom. The van der Waals surface area contributed by atoms with Crippen molar-refractivity contribution in [2.75, 3.05) is 5.32 Å². The average Bonchev–Trinajstić information content (AvgIpc) is 3.12. The smallest absolute Gasteiger partial charge is 0.245 e. The van der Waals surface area contributed by atoms with Crippen molar-refractivity contribution in [1.29, 1.82) is 0 Å². The Hall–Kier alpha value is -3.62. The topological polar surface area (TPSA) is 117 Å². The van der Waals surface area contributed by atoms with Gasteiger partial charge in [-0.3, -0.25) is 9.78 Å². The molecule has 4 rings (SSSR count). The van der Waals surface area contributed by atoms with E-state index in [-0.39, 0.29) is 5.82 Å². The monoisotopic (exact) mass is 405 g/mol. The van der Waals surface area contributed by atoms with E-state index >= 15 is 0 Å². The zero-order valence-corrected chi connectivity index (χ0v) is 16.1. The first-order chi connectivity index (χ1) is 14.4. The number of fused-ring (bicyclic) bond motifs is 1. The summed E-state index contributed by atoms with van der Waals surface area (Å²) >= 11 is 0. The first-order valence-corrected chi connectivity index (χ1v) is 9.37. The highest BCUT2D eigenvalue weighted by Gasteiger charge is 2.20. The van der Waals surface area contributed by atoms with Crippen molar-refractivity contribution in [2.24, 2.45) is 5.73 Å². The van der Waals surface area contributed by atoms with Crippen LogP contribution in [0, 0.1) is 5.82 Å². The number of carbonyl (C=O) groups is 1. The van der Waals surface area contributed by atoms with E-state index in [4.69, 9.17) is 5.73 Å². The highest BCUT2D eigenvalue weighted by atomic mass is 19.1. The van der Waals surface area contributed by atoms with Gasteiger partial charge >= 0.3 is 0 Å². The van der Waals surface area contributed by atoms with Crippen LogP contribution >= 0.6 is 0 Å². The van der Waals surface area contributed by atoms with Crippen molar-refractivity contribution >= 4 is 22.8 Å². The minimum Gasteiger partial charge on any atom is -0.391 e. The molecule has 0 fully saturated rings. The van der Waals surface area contributed by atoms with E-state index in [2.05, 4.69) is 20.3 Å². The summed E-state index contributed by atoms with van der Waals surface area (Å²) in [5.74, 6) is -0.550. The number of halogens is 1. The molecule has 3 heterocycles.